The lowest BCUT2D eigenvalue weighted by Crippen LogP contribution is -2.44. The van der Waals surface area contributed by atoms with Crippen molar-refractivity contribution < 1.29 is 19.4 Å². The molecule has 0 saturated heterocycles. The van der Waals surface area contributed by atoms with Crippen molar-refractivity contribution >= 4 is 12.1 Å². The molecule has 1 unspecified atom stereocenters. The third kappa shape index (κ3) is 3.96. The van der Waals surface area contributed by atoms with E-state index in [0.29, 0.717) is 5.56 Å². The third-order valence-corrected chi connectivity index (χ3v) is 5.87. The second-order valence-corrected chi connectivity index (χ2v) is 8.28. The first-order valence-electron chi connectivity index (χ1n) is 10.7. The molecule has 1 heterocycles. The van der Waals surface area contributed by atoms with Crippen molar-refractivity contribution in [3.8, 4) is 11.1 Å². The van der Waals surface area contributed by atoms with Gasteiger partial charge in [0, 0.05) is 29.4 Å². The number of aryl methyl sites for hydroxylation is 1. The number of aromatic nitrogens is 1. The van der Waals surface area contributed by atoms with Crippen LogP contribution >= 0.6 is 0 Å². The molecular weight excluding hydrogens is 404 g/mol. The van der Waals surface area contributed by atoms with E-state index in [2.05, 4.69) is 17.1 Å². The Morgan fingerprint density at radius 2 is 1.59 bits per heavy atom. The highest BCUT2D eigenvalue weighted by atomic mass is 16.6. The monoisotopic (exact) mass is 430 g/mol. The maximum Gasteiger partial charge on any atom is 0.411 e. The number of carboxylic acids is 1. The van der Waals surface area contributed by atoms with Crippen molar-refractivity contribution in [3.05, 3.63) is 89.2 Å². The van der Waals surface area contributed by atoms with E-state index in [4.69, 9.17) is 4.74 Å². The van der Waals surface area contributed by atoms with E-state index in [1.807, 2.05) is 43.3 Å². The van der Waals surface area contributed by atoms with Crippen LogP contribution in [-0.4, -0.2) is 39.7 Å². The summed E-state index contributed by atoms with van der Waals surface area (Å²) in [6.07, 6.45) is 0.843. The summed E-state index contributed by atoms with van der Waals surface area (Å²) in [5, 5.41) is 9.93. The largest absolute Gasteiger partial charge is 0.479 e. The first-order valence-corrected chi connectivity index (χ1v) is 10.7. The van der Waals surface area contributed by atoms with Gasteiger partial charge in [-0.05, 0) is 49.1 Å². The molecule has 0 radical (unpaired) electrons. The number of ether oxygens (including phenoxy) is 1. The zero-order valence-electron chi connectivity index (χ0n) is 18.4. The maximum atomic E-state index is 13.2. The molecule has 0 aliphatic heterocycles. The van der Waals surface area contributed by atoms with Gasteiger partial charge >= 0.3 is 12.1 Å². The minimum Gasteiger partial charge on any atom is -0.479 e. The first-order chi connectivity index (χ1) is 15.4. The van der Waals surface area contributed by atoms with Crippen molar-refractivity contribution in [2.75, 3.05) is 6.61 Å². The van der Waals surface area contributed by atoms with Gasteiger partial charge in [-0.25, -0.2) is 9.59 Å². The Bertz CT molecular complexity index is 1100. The summed E-state index contributed by atoms with van der Waals surface area (Å²) >= 11 is 0. The number of carbonyl (C=O) groups excluding carboxylic acids is 1. The van der Waals surface area contributed by atoms with Crippen molar-refractivity contribution in [2.45, 2.75) is 38.8 Å². The highest BCUT2D eigenvalue weighted by Gasteiger charge is 2.36. The van der Waals surface area contributed by atoms with Gasteiger partial charge in [-0.1, -0.05) is 54.6 Å². The van der Waals surface area contributed by atoms with Gasteiger partial charge in [0.2, 0.25) is 0 Å². The summed E-state index contributed by atoms with van der Waals surface area (Å²) in [6.45, 7) is 5.51. The molecule has 2 aromatic carbocycles. The fraction of sp³-hybridized carbons (Fsp3) is 0.269. The molecule has 1 atom stereocenters. The Morgan fingerprint density at radius 1 is 1.00 bits per heavy atom. The molecule has 1 aliphatic rings. The van der Waals surface area contributed by atoms with Crippen LogP contribution in [0.3, 0.4) is 0 Å². The van der Waals surface area contributed by atoms with Crippen LogP contribution in [0.5, 0.6) is 0 Å². The van der Waals surface area contributed by atoms with Crippen LogP contribution in [0.15, 0.2) is 66.9 Å². The number of fused-ring (bicyclic) bond motifs is 3. The standard InChI is InChI=1S/C26H26N2O4/c1-16(2)28(24(25(29)30)18-13-12-17(3)27-14-18)26(31)32-15-23-21-10-6-4-8-19(21)20-9-5-7-11-22(20)23/h4-14,16,23-24H,15H2,1-3H3,(H,29,30). The number of amides is 1. The number of carbonyl (C=O) groups is 2. The minimum atomic E-state index is -1.18. The first kappa shape index (κ1) is 21.6. The quantitative estimate of drug-likeness (QED) is 0.583. The van der Waals surface area contributed by atoms with E-state index in [1.165, 1.54) is 11.1 Å². The van der Waals surface area contributed by atoms with Crippen LogP contribution < -0.4 is 0 Å². The SMILES string of the molecule is Cc1ccc(C(C(=O)O)N(C(=O)OCC2c3ccccc3-c3ccccc32)C(C)C)cn1. The molecular formula is C26H26N2O4. The Hall–Kier alpha value is -3.67. The molecule has 6 heteroatoms. The smallest absolute Gasteiger partial charge is 0.411 e. The zero-order valence-corrected chi connectivity index (χ0v) is 18.4. The van der Waals surface area contributed by atoms with E-state index < -0.39 is 18.1 Å². The molecule has 0 bridgehead atoms. The highest BCUT2D eigenvalue weighted by Crippen LogP contribution is 2.44. The summed E-state index contributed by atoms with van der Waals surface area (Å²) in [7, 11) is 0. The summed E-state index contributed by atoms with van der Waals surface area (Å²) in [4.78, 5) is 30.8. The lowest BCUT2D eigenvalue weighted by atomic mass is 9.98. The lowest BCUT2D eigenvalue weighted by Gasteiger charge is -2.32. The van der Waals surface area contributed by atoms with E-state index in [0.717, 1.165) is 27.9 Å². The molecule has 0 saturated carbocycles. The third-order valence-electron chi connectivity index (χ3n) is 5.87. The molecule has 1 N–H and O–H groups in total. The number of benzene rings is 2. The van der Waals surface area contributed by atoms with Gasteiger partial charge in [-0.3, -0.25) is 9.88 Å². The number of nitrogens with zero attached hydrogens (tertiary/aromatic N) is 2. The number of rotatable bonds is 6. The number of pyridine rings is 1. The van der Waals surface area contributed by atoms with Crippen LogP contribution in [-0.2, 0) is 9.53 Å². The normalized spacial score (nSPS) is 13.4. The van der Waals surface area contributed by atoms with Gasteiger partial charge in [-0.15, -0.1) is 0 Å². The van der Waals surface area contributed by atoms with E-state index in [1.54, 1.807) is 26.0 Å². The Kier molecular flexibility index (Phi) is 5.95. The number of aliphatic carboxylic acids is 1. The number of hydrogen-bond donors (Lipinski definition) is 1. The topological polar surface area (TPSA) is 79.7 Å². The Labute approximate surface area is 187 Å². The Balaban J connectivity index is 1.59. The van der Waals surface area contributed by atoms with Gasteiger partial charge in [-0.2, -0.15) is 0 Å². The van der Waals surface area contributed by atoms with Gasteiger partial charge in [0.25, 0.3) is 0 Å². The maximum absolute atomic E-state index is 13.2. The van der Waals surface area contributed by atoms with Gasteiger partial charge in [0.05, 0.1) is 0 Å². The van der Waals surface area contributed by atoms with Gasteiger partial charge < -0.3 is 9.84 Å². The summed E-state index contributed by atoms with van der Waals surface area (Å²) in [5.74, 6) is -1.22. The molecule has 32 heavy (non-hydrogen) atoms. The molecule has 4 rings (SSSR count). The lowest BCUT2D eigenvalue weighted by molar-refractivity contribution is -0.143. The van der Waals surface area contributed by atoms with Crippen molar-refractivity contribution in [1.82, 2.24) is 9.88 Å². The predicted molar refractivity (Wildman–Crippen MR) is 121 cm³/mol. The molecule has 1 aromatic heterocycles. The zero-order chi connectivity index (χ0) is 22.8. The molecule has 1 amide bonds. The van der Waals surface area contributed by atoms with Crippen molar-refractivity contribution in [2.24, 2.45) is 0 Å². The van der Waals surface area contributed by atoms with Crippen LogP contribution in [0.2, 0.25) is 0 Å². The summed E-state index contributed by atoms with van der Waals surface area (Å²) < 4.78 is 5.74. The highest BCUT2D eigenvalue weighted by molar-refractivity contribution is 5.82. The second-order valence-electron chi connectivity index (χ2n) is 8.28. The molecule has 3 aromatic rings. The number of hydrogen-bond acceptors (Lipinski definition) is 4. The Morgan fingerprint density at radius 3 is 2.09 bits per heavy atom. The van der Waals surface area contributed by atoms with E-state index in [9.17, 15) is 14.7 Å². The molecule has 6 nitrogen and oxygen atoms in total. The molecule has 1 aliphatic carbocycles. The van der Waals surface area contributed by atoms with Crippen molar-refractivity contribution in [1.29, 1.82) is 0 Å². The molecule has 0 fully saturated rings. The van der Waals surface area contributed by atoms with E-state index >= 15 is 0 Å². The fourth-order valence-electron chi connectivity index (χ4n) is 4.35. The molecule has 164 valence electrons. The van der Waals surface area contributed by atoms with Crippen LogP contribution in [0.4, 0.5) is 4.79 Å². The van der Waals surface area contributed by atoms with Crippen LogP contribution in [0.25, 0.3) is 11.1 Å². The van der Waals surface area contributed by atoms with Crippen molar-refractivity contribution in [3.63, 3.8) is 0 Å². The molecule has 0 spiro atoms. The van der Waals surface area contributed by atoms with Gasteiger partial charge in [0.1, 0.15) is 6.61 Å². The van der Waals surface area contributed by atoms with Gasteiger partial charge in [0.15, 0.2) is 6.04 Å². The predicted octanol–water partition coefficient (Wildman–Crippen LogP) is 5.18. The number of carboxylic acid groups (broad SMARTS) is 1. The average Bonchev–Trinajstić information content (AvgIpc) is 3.10. The van der Waals surface area contributed by atoms with Crippen LogP contribution in [0, 0.1) is 6.92 Å². The van der Waals surface area contributed by atoms with E-state index in [-0.39, 0.29) is 18.6 Å². The van der Waals surface area contributed by atoms with Crippen LogP contribution in [0.1, 0.15) is 48.2 Å². The minimum absolute atomic E-state index is 0.0929. The second kappa shape index (κ2) is 8.83. The summed E-state index contributed by atoms with van der Waals surface area (Å²) in [5.41, 5.74) is 5.70. The summed E-state index contributed by atoms with van der Waals surface area (Å²) in [6, 6.07) is 18.0. The fourth-order valence-corrected chi connectivity index (χ4v) is 4.35. The average molecular weight is 431 g/mol.